The molecule has 4 heteroatoms. The van der Waals surface area contributed by atoms with Crippen LogP contribution in [0, 0.1) is 0 Å². The molecule has 132 valence electrons. The summed E-state index contributed by atoms with van der Waals surface area (Å²) in [7, 11) is 0. The normalized spacial score (nSPS) is 22.9. The Labute approximate surface area is 143 Å². The first-order chi connectivity index (χ1) is 10.7. The minimum absolute atomic E-state index is 0.244. The molecule has 0 amide bonds. The van der Waals surface area contributed by atoms with Crippen molar-refractivity contribution in [1.82, 2.24) is 5.32 Å². The number of nitrogens with one attached hydrogen (secondary N) is 1. The van der Waals surface area contributed by atoms with Crippen molar-refractivity contribution >= 4 is 18.4 Å². The van der Waals surface area contributed by atoms with Crippen LogP contribution in [0.25, 0.3) is 0 Å². The number of nitrogens with two attached hydrogens (primary N) is 1. The van der Waals surface area contributed by atoms with Crippen molar-refractivity contribution in [2.75, 3.05) is 17.7 Å². The van der Waals surface area contributed by atoms with Gasteiger partial charge >= 0.3 is 143 Å². The Morgan fingerprint density at radius 1 is 1.00 bits per heavy atom. The van der Waals surface area contributed by atoms with E-state index in [9.17, 15) is 0 Å². The van der Waals surface area contributed by atoms with Crippen molar-refractivity contribution < 1.29 is 4.74 Å². The van der Waals surface area contributed by atoms with Gasteiger partial charge in [-0.25, -0.2) is 0 Å². The van der Waals surface area contributed by atoms with Crippen molar-refractivity contribution in [1.29, 1.82) is 0 Å². The Morgan fingerprint density at radius 3 is 2.00 bits per heavy atom. The molecule has 0 unspecified atom stereocenters. The first-order valence-electron chi connectivity index (χ1n) is 9.75. The van der Waals surface area contributed by atoms with Crippen molar-refractivity contribution in [3.63, 3.8) is 0 Å². The first kappa shape index (κ1) is 20.7. The SMILES string of the molecule is CCC[CH2][Sn]([CH2]CCC)([CH2]CCC)[CH2]O[C@@H]1CNCC[C@H]1N. The summed E-state index contributed by atoms with van der Waals surface area (Å²) in [5.74, 6) is 0. The zero-order valence-electron chi connectivity index (χ0n) is 15.3. The van der Waals surface area contributed by atoms with Gasteiger partial charge in [0.2, 0.25) is 0 Å². The molecule has 1 aliphatic rings. The summed E-state index contributed by atoms with van der Waals surface area (Å²) in [5, 5.41) is 3.45. The predicted octanol–water partition coefficient (Wildman–Crippen LogP) is 4.08. The fourth-order valence-electron chi connectivity index (χ4n) is 3.56. The quantitative estimate of drug-likeness (QED) is 0.469. The third-order valence-corrected chi connectivity index (χ3v) is 19.6. The summed E-state index contributed by atoms with van der Waals surface area (Å²) in [5.41, 5.74) is 6.27. The number of unbranched alkanes of at least 4 members (excludes halogenated alkanes) is 3. The molecule has 0 radical (unpaired) electrons. The van der Waals surface area contributed by atoms with Gasteiger partial charge < -0.3 is 0 Å². The standard InChI is InChI=1S/C6H13N2O.3C4H9.Sn/c1-9-6-4-8-3-2-5(6)7;3*1-3-4-2;/h5-6,8H,1-4,7H2;3*1,3-4H2,2H3;/t5-,6-;;;;/m1..../s1. The molecular formula is C18H40N2OSn. The number of hydrogen-bond donors (Lipinski definition) is 2. The minimum atomic E-state index is -2.13. The van der Waals surface area contributed by atoms with Gasteiger partial charge in [0.05, 0.1) is 0 Å². The topological polar surface area (TPSA) is 47.3 Å². The molecule has 3 nitrogen and oxygen atoms in total. The molecule has 0 aromatic rings. The maximum absolute atomic E-state index is 6.46. The molecule has 1 rings (SSSR count). The molecular weight excluding hydrogens is 379 g/mol. The maximum atomic E-state index is 6.46. The van der Waals surface area contributed by atoms with Crippen LogP contribution in [0.4, 0.5) is 0 Å². The molecule has 1 heterocycles. The summed E-state index contributed by atoms with van der Waals surface area (Å²) in [6.07, 6.45) is 9.58. The van der Waals surface area contributed by atoms with E-state index < -0.39 is 18.4 Å². The second kappa shape index (κ2) is 12.1. The predicted molar refractivity (Wildman–Crippen MR) is 100 cm³/mol. The summed E-state index contributed by atoms with van der Waals surface area (Å²) in [6.45, 7) is 9.00. The van der Waals surface area contributed by atoms with Crippen LogP contribution in [-0.4, -0.2) is 48.2 Å². The molecule has 22 heavy (non-hydrogen) atoms. The van der Waals surface area contributed by atoms with Gasteiger partial charge in [-0.05, 0) is 0 Å². The Bertz CT molecular complexity index is 254. The van der Waals surface area contributed by atoms with E-state index in [1.807, 2.05) is 0 Å². The van der Waals surface area contributed by atoms with Crippen molar-refractivity contribution in [2.45, 2.75) is 91.2 Å². The van der Waals surface area contributed by atoms with Gasteiger partial charge in [-0.1, -0.05) is 0 Å². The molecule has 0 bridgehead atoms. The molecule has 0 saturated carbocycles. The summed E-state index contributed by atoms with van der Waals surface area (Å²) >= 11 is -2.13. The van der Waals surface area contributed by atoms with Crippen LogP contribution in [0.3, 0.4) is 0 Å². The van der Waals surface area contributed by atoms with E-state index in [4.69, 9.17) is 10.5 Å². The fourth-order valence-corrected chi connectivity index (χ4v) is 18.0. The van der Waals surface area contributed by atoms with E-state index >= 15 is 0 Å². The van der Waals surface area contributed by atoms with Crippen molar-refractivity contribution in [3.05, 3.63) is 0 Å². The van der Waals surface area contributed by atoms with Gasteiger partial charge in [-0.3, -0.25) is 0 Å². The Balaban J connectivity index is 2.62. The fraction of sp³-hybridized carbons (Fsp3) is 1.00. The molecule has 0 aromatic heterocycles. The molecule has 1 fully saturated rings. The third-order valence-electron chi connectivity index (χ3n) is 5.26. The van der Waals surface area contributed by atoms with Crippen LogP contribution in [0.5, 0.6) is 0 Å². The summed E-state index contributed by atoms with van der Waals surface area (Å²) < 4.78 is 12.2. The first-order valence-corrected chi connectivity index (χ1v) is 17.8. The molecule has 0 aliphatic carbocycles. The number of hydrogen-bond acceptors (Lipinski definition) is 3. The third kappa shape index (κ3) is 7.50. The van der Waals surface area contributed by atoms with Crippen LogP contribution in [0.15, 0.2) is 0 Å². The second-order valence-electron chi connectivity index (χ2n) is 7.32. The molecule has 0 spiro atoms. The molecule has 1 saturated heterocycles. The summed E-state index contributed by atoms with van der Waals surface area (Å²) in [6, 6.07) is 0.244. The Morgan fingerprint density at radius 2 is 1.55 bits per heavy atom. The van der Waals surface area contributed by atoms with Gasteiger partial charge in [-0.15, -0.1) is 0 Å². The van der Waals surface area contributed by atoms with Crippen LogP contribution >= 0.6 is 0 Å². The Hall–Kier alpha value is 0.679. The van der Waals surface area contributed by atoms with Crippen LogP contribution in [0.1, 0.15) is 65.7 Å². The van der Waals surface area contributed by atoms with E-state index in [2.05, 4.69) is 26.1 Å². The van der Waals surface area contributed by atoms with Gasteiger partial charge in [0.15, 0.2) is 0 Å². The van der Waals surface area contributed by atoms with E-state index in [0.29, 0.717) is 0 Å². The zero-order valence-corrected chi connectivity index (χ0v) is 18.2. The summed E-state index contributed by atoms with van der Waals surface area (Å²) in [4.78, 5) is 0. The van der Waals surface area contributed by atoms with Crippen LogP contribution in [0.2, 0.25) is 13.3 Å². The van der Waals surface area contributed by atoms with Gasteiger partial charge in [0.25, 0.3) is 0 Å². The zero-order chi connectivity index (χ0) is 16.3. The molecule has 2 atom stereocenters. The number of piperidine rings is 1. The van der Waals surface area contributed by atoms with E-state index in [-0.39, 0.29) is 12.1 Å². The van der Waals surface area contributed by atoms with Crippen LogP contribution < -0.4 is 11.1 Å². The average Bonchev–Trinajstić information content (AvgIpc) is 2.55. The number of rotatable bonds is 12. The van der Waals surface area contributed by atoms with E-state index in [1.54, 1.807) is 0 Å². The van der Waals surface area contributed by atoms with Crippen molar-refractivity contribution in [3.8, 4) is 0 Å². The van der Waals surface area contributed by atoms with E-state index in [0.717, 1.165) is 24.1 Å². The number of ether oxygens (including phenoxy) is 1. The van der Waals surface area contributed by atoms with Gasteiger partial charge in [-0.2, -0.15) is 0 Å². The monoisotopic (exact) mass is 420 g/mol. The Kier molecular flexibility index (Phi) is 11.4. The van der Waals surface area contributed by atoms with Crippen LogP contribution in [-0.2, 0) is 4.74 Å². The molecule has 1 aliphatic heterocycles. The average molecular weight is 419 g/mol. The molecule has 3 N–H and O–H groups in total. The van der Waals surface area contributed by atoms with E-state index in [1.165, 1.54) is 51.8 Å². The van der Waals surface area contributed by atoms with Gasteiger partial charge in [0.1, 0.15) is 0 Å². The van der Waals surface area contributed by atoms with Crippen molar-refractivity contribution in [2.24, 2.45) is 5.73 Å². The second-order valence-corrected chi connectivity index (χ2v) is 21.0. The molecule has 0 aromatic carbocycles. The van der Waals surface area contributed by atoms with Gasteiger partial charge in [0, 0.05) is 0 Å².